The highest BCUT2D eigenvalue weighted by Gasteiger charge is 2.34. The van der Waals surface area contributed by atoms with Crippen LogP contribution in [0.1, 0.15) is 48.4 Å². The maximum Gasteiger partial charge on any atom is 0.318 e. The van der Waals surface area contributed by atoms with Gasteiger partial charge in [0.05, 0.1) is 24.4 Å². The molecule has 6 heteroatoms. The van der Waals surface area contributed by atoms with E-state index in [4.69, 9.17) is 9.26 Å². The van der Waals surface area contributed by atoms with E-state index in [1.54, 1.807) is 0 Å². The lowest BCUT2D eigenvalue weighted by molar-refractivity contribution is 0.173. The summed E-state index contributed by atoms with van der Waals surface area (Å²) in [7, 11) is 0. The van der Waals surface area contributed by atoms with Crippen LogP contribution < -0.4 is 10.1 Å². The van der Waals surface area contributed by atoms with E-state index in [2.05, 4.69) is 10.5 Å². The van der Waals surface area contributed by atoms with Crippen molar-refractivity contribution in [2.45, 2.75) is 38.3 Å². The van der Waals surface area contributed by atoms with Crippen molar-refractivity contribution >= 4 is 6.03 Å². The SMILES string of the molecule is Cc1cc([C@@H]2CCCN2C(=O)N[C@@H]2CCOc3ccccc32)on1. The van der Waals surface area contributed by atoms with Crippen molar-refractivity contribution in [2.75, 3.05) is 13.2 Å². The highest BCUT2D eigenvalue weighted by Crippen LogP contribution is 2.35. The number of hydrogen-bond acceptors (Lipinski definition) is 4. The van der Waals surface area contributed by atoms with E-state index in [1.807, 2.05) is 42.2 Å². The Bertz CT molecular complexity index is 743. The molecule has 1 saturated heterocycles. The zero-order valence-electron chi connectivity index (χ0n) is 13.7. The van der Waals surface area contributed by atoms with Crippen molar-refractivity contribution in [1.29, 1.82) is 0 Å². The van der Waals surface area contributed by atoms with Crippen molar-refractivity contribution in [1.82, 2.24) is 15.4 Å². The molecule has 2 atom stereocenters. The Morgan fingerprint density at radius 3 is 3.04 bits per heavy atom. The molecule has 6 nitrogen and oxygen atoms in total. The number of amides is 2. The molecule has 0 spiro atoms. The number of likely N-dealkylation sites (tertiary alicyclic amines) is 1. The van der Waals surface area contributed by atoms with Gasteiger partial charge >= 0.3 is 6.03 Å². The number of benzene rings is 1. The van der Waals surface area contributed by atoms with Crippen LogP contribution in [0.5, 0.6) is 5.75 Å². The molecule has 2 amide bonds. The molecule has 1 aromatic heterocycles. The lowest BCUT2D eigenvalue weighted by atomic mass is 10.0. The van der Waals surface area contributed by atoms with Crippen LogP contribution in [-0.4, -0.2) is 29.2 Å². The van der Waals surface area contributed by atoms with E-state index < -0.39 is 0 Å². The second-order valence-corrected chi connectivity index (χ2v) is 6.40. The van der Waals surface area contributed by atoms with Gasteiger partial charge in [-0.05, 0) is 25.8 Å². The molecule has 0 unspecified atom stereocenters. The second kappa shape index (κ2) is 6.19. The molecule has 126 valence electrons. The molecule has 4 rings (SSSR count). The summed E-state index contributed by atoms with van der Waals surface area (Å²) in [6.07, 6.45) is 2.66. The predicted octanol–water partition coefficient (Wildman–Crippen LogP) is 3.35. The molecule has 0 saturated carbocycles. The van der Waals surface area contributed by atoms with Crippen LogP contribution in [0.25, 0.3) is 0 Å². The van der Waals surface area contributed by atoms with E-state index >= 15 is 0 Å². The lowest BCUT2D eigenvalue weighted by Gasteiger charge is -2.30. The van der Waals surface area contributed by atoms with E-state index in [9.17, 15) is 4.79 Å². The number of carbonyl (C=O) groups excluding carboxylic acids is 1. The van der Waals surface area contributed by atoms with Crippen LogP contribution in [0.15, 0.2) is 34.9 Å². The van der Waals surface area contributed by atoms with Gasteiger partial charge in [0, 0.05) is 24.6 Å². The molecular formula is C18H21N3O3. The first kappa shape index (κ1) is 15.1. The summed E-state index contributed by atoms with van der Waals surface area (Å²) in [5.74, 6) is 1.63. The lowest BCUT2D eigenvalue weighted by Crippen LogP contribution is -2.42. The van der Waals surface area contributed by atoms with E-state index in [1.165, 1.54) is 0 Å². The second-order valence-electron chi connectivity index (χ2n) is 6.40. The van der Waals surface area contributed by atoms with Crippen molar-refractivity contribution in [3.8, 4) is 5.75 Å². The van der Waals surface area contributed by atoms with Crippen molar-refractivity contribution in [3.63, 3.8) is 0 Å². The Morgan fingerprint density at radius 1 is 1.33 bits per heavy atom. The summed E-state index contributed by atoms with van der Waals surface area (Å²) in [4.78, 5) is 14.7. The van der Waals surface area contributed by atoms with Crippen LogP contribution in [-0.2, 0) is 0 Å². The maximum absolute atomic E-state index is 12.8. The number of nitrogens with zero attached hydrogens (tertiary/aromatic N) is 2. The van der Waals surface area contributed by atoms with Gasteiger partial charge in [0.1, 0.15) is 5.75 Å². The molecule has 2 aliphatic rings. The van der Waals surface area contributed by atoms with Gasteiger partial charge in [-0.15, -0.1) is 0 Å². The number of rotatable bonds is 2. The van der Waals surface area contributed by atoms with Crippen molar-refractivity contribution < 1.29 is 14.1 Å². The van der Waals surface area contributed by atoms with Gasteiger partial charge in [-0.1, -0.05) is 23.4 Å². The third kappa shape index (κ3) is 2.72. The third-order valence-electron chi connectivity index (χ3n) is 4.74. The van der Waals surface area contributed by atoms with Gasteiger partial charge in [-0.2, -0.15) is 0 Å². The Labute approximate surface area is 140 Å². The highest BCUT2D eigenvalue weighted by atomic mass is 16.5. The summed E-state index contributed by atoms with van der Waals surface area (Å²) < 4.78 is 11.0. The van der Waals surface area contributed by atoms with Gasteiger partial charge in [0.15, 0.2) is 5.76 Å². The molecule has 1 fully saturated rings. The molecular weight excluding hydrogens is 306 g/mol. The number of carbonyl (C=O) groups is 1. The molecule has 2 aliphatic heterocycles. The molecule has 1 aromatic carbocycles. The topological polar surface area (TPSA) is 67.6 Å². The average Bonchev–Trinajstić information content (AvgIpc) is 3.24. The largest absolute Gasteiger partial charge is 0.493 e. The molecule has 0 aliphatic carbocycles. The molecule has 2 aromatic rings. The molecule has 0 bridgehead atoms. The Hall–Kier alpha value is -2.50. The van der Waals surface area contributed by atoms with Crippen LogP contribution >= 0.6 is 0 Å². The number of ether oxygens (including phenoxy) is 1. The van der Waals surface area contributed by atoms with Crippen molar-refractivity contribution in [2.24, 2.45) is 0 Å². The first-order valence-corrected chi connectivity index (χ1v) is 8.44. The van der Waals surface area contributed by atoms with Crippen LogP contribution in [0.4, 0.5) is 4.79 Å². The standard InChI is InChI=1S/C18H21N3O3/c1-12-11-17(24-20-12)15-6-4-9-21(15)18(22)19-14-8-10-23-16-7-3-2-5-13(14)16/h2-3,5,7,11,14-15H,4,6,8-10H2,1H3,(H,19,22)/t14-,15+/m1/s1. The first-order chi connectivity index (χ1) is 11.7. The fraction of sp³-hybridized carbons (Fsp3) is 0.444. The minimum atomic E-state index is -0.0479. The number of aryl methyl sites for hydroxylation is 1. The number of fused-ring (bicyclic) bond motifs is 1. The molecule has 0 radical (unpaired) electrons. The minimum absolute atomic E-state index is 0.0137. The van der Waals surface area contributed by atoms with E-state index in [-0.39, 0.29) is 18.1 Å². The van der Waals surface area contributed by atoms with Crippen LogP contribution in [0, 0.1) is 6.92 Å². The molecule has 24 heavy (non-hydrogen) atoms. The first-order valence-electron chi connectivity index (χ1n) is 8.44. The summed E-state index contributed by atoms with van der Waals surface area (Å²) in [5.41, 5.74) is 1.89. The maximum atomic E-state index is 12.8. The molecule has 1 N–H and O–H groups in total. The smallest absolute Gasteiger partial charge is 0.318 e. The fourth-order valence-corrected chi connectivity index (χ4v) is 3.57. The Morgan fingerprint density at radius 2 is 2.21 bits per heavy atom. The number of aromatic nitrogens is 1. The summed E-state index contributed by atoms with van der Waals surface area (Å²) >= 11 is 0. The predicted molar refractivity (Wildman–Crippen MR) is 87.7 cm³/mol. The van der Waals surface area contributed by atoms with E-state index in [0.717, 1.165) is 48.6 Å². The number of urea groups is 1. The summed E-state index contributed by atoms with van der Waals surface area (Å²) in [6.45, 7) is 3.25. The normalized spacial score (nSPS) is 22.8. The van der Waals surface area contributed by atoms with Crippen molar-refractivity contribution in [3.05, 3.63) is 47.3 Å². The van der Waals surface area contributed by atoms with Crippen LogP contribution in [0.3, 0.4) is 0 Å². The van der Waals surface area contributed by atoms with Gasteiger partial charge in [0.25, 0.3) is 0 Å². The third-order valence-corrected chi connectivity index (χ3v) is 4.74. The number of nitrogens with one attached hydrogen (secondary N) is 1. The van der Waals surface area contributed by atoms with Gasteiger partial charge in [-0.3, -0.25) is 0 Å². The fourth-order valence-electron chi connectivity index (χ4n) is 3.57. The summed E-state index contributed by atoms with van der Waals surface area (Å²) in [6, 6.07) is 9.72. The zero-order chi connectivity index (χ0) is 16.5. The molecule has 3 heterocycles. The van der Waals surface area contributed by atoms with Gasteiger partial charge < -0.3 is 19.5 Å². The number of para-hydroxylation sites is 1. The quantitative estimate of drug-likeness (QED) is 0.918. The Balaban J connectivity index is 1.50. The van der Waals surface area contributed by atoms with Gasteiger partial charge in [0.2, 0.25) is 0 Å². The highest BCUT2D eigenvalue weighted by molar-refractivity contribution is 5.75. The minimum Gasteiger partial charge on any atom is -0.493 e. The van der Waals surface area contributed by atoms with Gasteiger partial charge in [-0.25, -0.2) is 4.79 Å². The zero-order valence-corrected chi connectivity index (χ0v) is 13.7. The Kier molecular flexibility index (Phi) is 3.88. The van der Waals surface area contributed by atoms with E-state index in [0.29, 0.717) is 6.61 Å². The average molecular weight is 327 g/mol. The number of hydrogen-bond donors (Lipinski definition) is 1. The summed E-state index contributed by atoms with van der Waals surface area (Å²) in [5, 5.41) is 7.12. The monoisotopic (exact) mass is 327 g/mol. The van der Waals surface area contributed by atoms with Crippen LogP contribution in [0.2, 0.25) is 0 Å².